The van der Waals surface area contributed by atoms with Gasteiger partial charge < -0.3 is 15.4 Å². The second-order valence-corrected chi connectivity index (χ2v) is 6.82. The van der Waals surface area contributed by atoms with Crippen LogP contribution in [0.3, 0.4) is 0 Å². The topological polar surface area (TPSA) is 84.5 Å². The highest BCUT2D eigenvalue weighted by atomic mass is 35.5. The minimum atomic E-state index is -0.527. The minimum Gasteiger partial charge on any atom is -0.456 e. The normalized spacial score (nSPS) is 10.2. The first-order chi connectivity index (χ1) is 13.3. The van der Waals surface area contributed by atoms with E-state index < -0.39 is 11.9 Å². The molecule has 28 heavy (non-hydrogen) atoms. The molecule has 0 aliphatic heterocycles. The second-order valence-electron chi connectivity index (χ2n) is 6.41. The van der Waals surface area contributed by atoms with Gasteiger partial charge >= 0.3 is 5.97 Å². The maximum absolute atomic E-state index is 11.9. The van der Waals surface area contributed by atoms with E-state index in [1.165, 1.54) is 0 Å². The van der Waals surface area contributed by atoms with Crippen molar-refractivity contribution >= 4 is 40.8 Å². The Morgan fingerprint density at radius 2 is 1.64 bits per heavy atom. The summed E-state index contributed by atoms with van der Waals surface area (Å²) in [5.41, 5.74) is 3.24. The molecule has 2 amide bonds. The molecule has 2 aromatic rings. The van der Waals surface area contributed by atoms with Crippen molar-refractivity contribution in [3.8, 4) is 0 Å². The molecular weight excluding hydrogens is 380 g/mol. The lowest BCUT2D eigenvalue weighted by Gasteiger charge is -2.10. The molecule has 0 bridgehead atoms. The summed E-state index contributed by atoms with van der Waals surface area (Å²) in [4.78, 5) is 35.5. The van der Waals surface area contributed by atoms with Crippen molar-refractivity contribution in [3.05, 3.63) is 58.6 Å². The van der Waals surface area contributed by atoms with Crippen LogP contribution in [0.15, 0.2) is 42.5 Å². The van der Waals surface area contributed by atoms with Crippen molar-refractivity contribution in [2.75, 3.05) is 17.2 Å². The monoisotopic (exact) mass is 402 g/mol. The third-order valence-corrected chi connectivity index (χ3v) is 4.28. The van der Waals surface area contributed by atoms with Gasteiger partial charge in [0.2, 0.25) is 5.91 Å². The number of hydrogen-bond donors (Lipinski definition) is 2. The first-order valence-corrected chi connectivity index (χ1v) is 9.30. The summed E-state index contributed by atoms with van der Waals surface area (Å²) in [5, 5.41) is 5.84. The van der Waals surface area contributed by atoms with E-state index in [0.29, 0.717) is 22.8 Å². The van der Waals surface area contributed by atoms with Gasteiger partial charge in [0.15, 0.2) is 6.61 Å². The Bertz CT molecular complexity index is 867. The van der Waals surface area contributed by atoms with Crippen LogP contribution >= 0.6 is 11.6 Å². The maximum atomic E-state index is 11.9. The number of aryl methyl sites for hydroxylation is 2. The van der Waals surface area contributed by atoms with Gasteiger partial charge in [0, 0.05) is 18.5 Å². The number of anilines is 2. The number of esters is 1. The molecular formula is C21H23ClN2O4. The van der Waals surface area contributed by atoms with E-state index in [9.17, 15) is 14.4 Å². The van der Waals surface area contributed by atoms with Gasteiger partial charge in [-0.15, -0.1) is 0 Å². The van der Waals surface area contributed by atoms with Crippen LogP contribution in [0.1, 0.15) is 30.4 Å². The van der Waals surface area contributed by atoms with E-state index in [1.54, 1.807) is 24.3 Å². The molecule has 0 heterocycles. The minimum absolute atomic E-state index is 0.0484. The quantitative estimate of drug-likeness (QED) is 0.646. The van der Waals surface area contributed by atoms with Crippen LogP contribution in [0, 0.1) is 13.8 Å². The Hall–Kier alpha value is -2.86. The van der Waals surface area contributed by atoms with E-state index in [4.69, 9.17) is 16.3 Å². The van der Waals surface area contributed by atoms with Crippen LogP contribution in [0.2, 0.25) is 5.02 Å². The van der Waals surface area contributed by atoms with Gasteiger partial charge in [0.1, 0.15) is 0 Å². The number of rotatable bonds is 8. The number of carbonyl (C=O) groups is 3. The van der Waals surface area contributed by atoms with Crippen LogP contribution in [0.5, 0.6) is 0 Å². The molecule has 0 aromatic heterocycles. The number of carbonyl (C=O) groups excluding carboxylic acids is 3. The summed E-state index contributed by atoms with van der Waals surface area (Å²) in [7, 11) is 0. The average Bonchev–Trinajstić information content (AvgIpc) is 2.64. The zero-order chi connectivity index (χ0) is 20.5. The predicted molar refractivity (Wildman–Crippen MR) is 109 cm³/mol. The summed E-state index contributed by atoms with van der Waals surface area (Å²) in [6, 6.07) is 12.6. The van der Waals surface area contributed by atoms with Gasteiger partial charge in [-0.05, 0) is 44.0 Å². The summed E-state index contributed by atoms with van der Waals surface area (Å²) in [6.07, 6.45) is 0.510. The number of halogens is 1. The summed E-state index contributed by atoms with van der Waals surface area (Å²) < 4.78 is 4.96. The number of para-hydroxylation sites is 1. The Kier molecular flexibility index (Phi) is 8.02. The molecule has 7 heteroatoms. The largest absolute Gasteiger partial charge is 0.456 e. The van der Waals surface area contributed by atoms with Crippen molar-refractivity contribution < 1.29 is 19.1 Å². The molecule has 2 N–H and O–H groups in total. The molecule has 0 aliphatic rings. The van der Waals surface area contributed by atoms with Crippen molar-refractivity contribution in [1.29, 1.82) is 0 Å². The molecule has 0 aliphatic carbocycles. The van der Waals surface area contributed by atoms with Gasteiger partial charge in [-0.3, -0.25) is 14.4 Å². The molecule has 0 saturated carbocycles. The molecule has 148 valence electrons. The number of hydrogen-bond acceptors (Lipinski definition) is 4. The number of nitrogens with one attached hydrogen (secondary N) is 2. The molecule has 0 spiro atoms. The van der Waals surface area contributed by atoms with E-state index >= 15 is 0 Å². The molecule has 0 fully saturated rings. The average molecular weight is 403 g/mol. The maximum Gasteiger partial charge on any atom is 0.306 e. The van der Waals surface area contributed by atoms with E-state index in [0.717, 1.165) is 11.1 Å². The Balaban J connectivity index is 1.66. The van der Waals surface area contributed by atoms with E-state index in [-0.39, 0.29) is 25.4 Å². The fourth-order valence-electron chi connectivity index (χ4n) is 2.53. The zero-order valence-corrected chi connectivity index (χ0v) is 16.6. The van der Waals surface area contributed by atoms with Crippen molar-refractivity contribution in [3.63, 3.8) is 0 Å². The number of amides is 2. The van der Waals surface area contributed by atoms with E-state index in [1.807, 2.05) is 32.0 Å². The molecule has 0 saturated heterocycles. The Morgan fingerprint density at radius 3 is 2.36 bits per heavy atom. The first kappa shape index (κ1) is 21.4. The van der Waals surface area contributed by atoms with Gasteiger partial charge in [-0.25, -0.2) is 0 Å². The van der Waals surface area contributed by atoms with Gasteiger partial charge in [-0.1, -0.05) is 41.4 Å². The molecule has 0 radical (unpaired) electrons. The fourth-order valence-corrected chi connectivity index (χ4v) is 2.71. The lowest BCUT2D eigenvalue weighted by Crippen LogP contribution is -2.21. The first-order valence-electron chi connectivity index (χ1n) is 8.92. The van der Waals surface area contributed by atoms with Crippen LogP contribution in [-0.2, 0) is 19.1 Å². The zero-order valence-electron chi connectivity index (χ0n) is 15.9. The summed E-state index contributed by atoms with van der Waals surface area (Å²) in [5.74, 6) is -1.17. The van der Waals surface area contributed by atoms with Crippen molar-refractivity contribution in [2.24, 2.45) is 0 Å². The highest BCUT2D eigenvalue weighted by Gasteiger charge is 2.11. The Labute approximate surface area is 169 Å². The van der Waals surface area contributed by atoms with Gasteiger partial charge in [0.05, 0.1) is 10.7 Å². The predicted octanol–water partition coefficient (Wildman–Crippen LogP) is 4.25. The van der Waals surface area contributed by atoms with Crippen LogP contribution in [0.25, 0.3) is 0 Å². The van der Waals surface area contributed by atoms with E-state index in [2.05, 4.69) is 10.6 Å². The SMILES string of the molecule is Cc1ccc(NC(=O)COC(=O)CCCC(=O)Nc2ccccc2Cl)c(C)c1. The molecule has 0 unspecified atom stereocenters. The summed E-state index contributed by atoms with van der Waals surface area (Å²) in [6.45, 7) is 3.50. The van der Waals surface area contributed by atoms with Crippen LogP contribution in [-0.4, -0.2) is 24.4 Å². The van der Waals surface area contributed by atoms with Gasteiger partial charge in [0.25, 0.3) is 5.91 Å². The molecule has 0 atom stereocenters. The van der Waals surface area contributed by atoms with Crippen LogP contribution < -0.4 is 10.6 Å². The molecule has 2 rings (SSSR count). The number of ether oxygens (including phenoxy) is 1. The smallest absolute Gasteiger partial charge is 0.306 e. The molecule has 2 aromatic carbocycles. The van der Waals surface area contributed by atoms with Gasteiger partial charge in [-0.2, -0.15) is 0 Å². The highest BCUT2D eigenvalue weighted by molar-refractivity contribution is 6.33. The van der Waals surface area contributed by atoms with Crippen molar-refractivity contribution in [1.82, 2.24) is 0 Å². The van der Waals surface area contributed by atoms with Crippen molar-refractivity contribution in [2.45, 2.75) is 33.1 Å². The lowest BCUT2D eigenvalue weighted by molar-refractivity contribution is -0.147. The molecule has 6 nitrogen and oxygen atoms in total. The second kappa shape index (κ2) is 10.5. The standard InChI is InChI=1S/C21H23ClN2O4/c1-14-10-11-17(15(2)12-14)23-20(26)13-28-21(27)9-5-8-19(25)24-18-7-4-3-6-16(18)22/h3-4,6-7,10-12H,5,8-9,13H2,1-2H3,(H,23,26)(H,24,25). The number of benzene rings is 2. The Morgan fingerprint density at radius 1 is 0.929 bits per heavy atom. The van der Waals surface area contributed by atoms with Crippen LogP contribution in [0.4, 0.5) is 11.4 Å². The fraction of sp³-hybridized carbons (Fsp3) is 0.286. The lowest BCUT2D eigenvalue weighted by atomic mass is 10.1. The third-order valence-electron chi connectivity index (χ3n) is 3.95. The highest BCUT2D eigenvalue weighted by Crippen LogP contribution is 2.20. The third kappa shape index (κ3) is 7.04. The summed E-state index contributed by atoms with van der Waals surface area (Å²) >= 11 is 5.97.